The fourth-order valence-corrected chi connectivity index (χ4v) is 0.725. The average Bonchev–Trinajstić information content (AvgIpc) is 1.97. The van der Waals surface area contributed by atoms with Crippen molar-refractivity contribution < 1.29 is 13.5 Å². The number of rotatable bonds is 6. The normalized spacial score (nSPS) is 14.2. The first-order chi connectivity index (χ1) is 5.54. The van der Waals surface area contributed by atoms with Crippen LogP contribution in [-0.2, 0) is 4.74 Å². The summed E-state index contributed by atoms with van der Waals surface area (Å²) in [7, 11) is 0. The van der Waals surface area contributed by atoms with Gasteiger partial charge in [0.1, 0.15) is 6.61 Å². The second-order valence-electron chi connectivity index (χ2n) is 3.16. The Morgan fingerprint density at radius 3 is 2.33 bits per heavy atom. The van der Waals surface area contributed by atoms with E-state index in [1.807, 2.05) is 13.8 Å². The first kappa shape index (κ1) is 11.8. The number of ether oxygens (including phenoxy) is 1. The van der Waals surface area contributed by atoms with Crippen LogP contribution in [0.2, 0.25) is 0 Å². The maximum Gasteiger partial charge on any atom is 0.261 e. The Labute approximate surface area is 72.1 Å². The number of nitrogens with two attached hydrogens (primary N) is 1. The van der Waals surface area contributed by atoms with Gasteiger partial charge in [-0.3, -0.25) is 0 Å². The molecule has 2 N–H and O–H groups in total. The van der Waals surface area contributed by atoms with Crippen LogP contribution in [0, 0.1) is 5.92 Å². The minimum Gasteiger partial charge on any atom is -0.375 e. The molecule has 2 nitrogen and oxygen atoms in total. The maximum absolute atomic E-state index is 11.6. The van der Waals surface area contributed by atoms with E-state index in [0.29, 0.717) is 18.9 Å². The summed E-state index contributed by atoms with van der Waals surface area (Å²) in [5.41, 5.74) is 5.67. The third kappa shape index (κ3) is 6.49. The van der Waals surface area contributed by atoms with Crippen molar-refractivity contribution in [2.24, 2.45) is 11.7 Å². The quantitative estimate of drug-likeness (QED) is 0.632. The zero-order valence-corrected chi connectivity index (χ0v) is 7.59. The lowest BCUT2D eigenvalue weighted by molar-refractivity contribution is 0.0143. The van der Waals surface area contributed by atoms with Gasteiger partial charge in [0, 0.05) is 12.6 Å². The molecule has 0 aliphatic heterocycles. The lowest BCUT2D eigenvalue weighted by Crippen LogP contribution is -2.28. The summed E-state index contributed by atoms with van der Waals surface area (Å²) in [6.45, 7) is 3.84. The molecule has 0 aromatic heterocycles. The zero-order valence-electron chi connectivity index (χ0n) is 7.59. The predicted molar refractivity (Wildman–Crippen MR) is 44.3 cm³/mol. The third-order valence-electron chi connectivity index (χ3n) is 1.70. The van der Waals surface area contributed by atoms with E-state index < -0.39 is 13.0 Å². The molecule has 0 bridgehead atoms. The number of halogens is 2. The Kier molecular flexibility index (Phi) is 6.20. The van der Waals surface area contributed by atoms with Crippen molar-refractivity contribution in [1.29, 1.82) is 0 Å². The molecule has 74 valence electrons. The van der Waals surface area contributed by atoms with Gasteiger partial charge < -0.3 is 10.5 Å². The Balaban J connectivity index is 3.20. The van der Waals surface area contributed by atoms with Crippen LogP contribution < -0.4 is 5.73 Å². The van der Waals surface area contributed by atoms with E-state index in [4.69, 9.17) is 5.73 Å². The van der Waals surface area contributed by atoms with Crippen LogP contribution in [0.4, 0.5) is 8.78 Å². The van der Waals surface area contributed by atoms with Gasteiger partial charge in [-0.15, -0.1) is 0 Å². The molecule has 1 unspecified atom stereocenters. The smallest absolute Gasteiger partial charge is 0.261 e. The summed E-state index contributed by atoms with van der Waals surface area (Å²) < 4.78 is 27.8. The van der Waals surface area contributed by atoms with E-state index in [-0.39, 0.29) is 6.04 Å². The lowest BCUT2D eigenvalue weighted by Gasteiger charge is -2.14. The highest BCUT2D eigenvalue weighted by atomic mass is 19.3. The first-order valence-corrected chi connectivity index (χ1v) is 4.15. The molecular weight excluding hydrogens is 164 g/mol. The first-order valence-electron chi connectivity index (χ1n) is 4.15. The van der Waals surface area contributed by atoms with E-state index in [0.717, 1.165) is 0 Å². The van der Waals surface area contributed by atoms with Crippen LogP contribution >= 0.6 is 0 Å². The Bertz CT molecular complexity index is 109. The summed E-state index contributed by atoms with van der Waals surface area (Å²) in [5, 5.41) is 0. The molecule has 0 spiro atoms. The van der Waals surface area contributed by atoms with Gasteiger partial charge in [-0.25, -0.2) is 8.78 Å². The summed E-state index contributed by atoms with van der Waals surface area (Å²) in [5.74, 6) is 0.375. The van der Waals surface area contributed by atoms with Crippen LogP contribution in [0.5, 0.6) is 0 Å². The van der Waals surface area contributed by atoms with Crippen LogP contribution in [0.3, 0.4) is 0 Å². The molecule has 0 saturated heterocycles. The summed E-state index contributed by atoms with van der Waals surface area (Å²) in [6.07, 6.45) is -1.73. The number of hydrogen-bond acceptors (Lipinski definition) is 2. The second-order valence-corrected chi connectivity index (χ2v) is 3.16. The molecule has 0 rings (SSSR count). The monoisotopic (exact) mass is 181 g/mol. The summed E-state index contributed by atoms with van der Waals surface area (Å²) in [6, 6.07) is 0.0441. The molecule has 0 amide bonds. The van der Waals surface area contributed by atoms with Crippen molar-refractivity contribution in [3.63, 3.8) is 0 Å². The molecule has 12 heavy (non-hydrogen) atoms. The number of hydrogen-bond donors (Lipinski definition) is 1. The highest BCUT2D eigenvalue weighted by molar-refractivity contribution is 4.64. The SMILES string of the molecule is CC(C)C(N)CCOCC(F)F. The van der Waals surface area contributed by atoms with Crippen LogP contribution in [0.15, 0.2) is 0 Å². The van der Waals surface area contributed by atoms with Crippen molar-refractivity contribution in [2.75, 3.05) is 13.2 Å². The van der Waals surface area contributed by atoms with Gasteiger partial charge in [0.2, 0.25) is 0 Å². The van der Waals surface area contributed by atoms with Gasteiger partial charge in [-0.05, 0) is 12.3 Å². The molecule has 0 radical (unpaired) electrons. The molecule has 0 aromatic rings. The van der Waals surface area contributed by atoms with Crippen LogP contribution in [0.25, 0.3) is 0 Å². The molecule has 0 fully saturated rings. The van der Waals surface area contributed by atoms with Gasteiger partial charge >= 0.3 is 0 Å². The largest absolute Gasteiger partial charge is 0.375 e. The fourth-order valence-electron chi connectivity index (χ4n) is 0.725. The summed E-state index contributed by atoms with van der Waals surface area (Å²) >= 11 is 0. The van der Waals surface area contributed by atoms with Crippen LogP contribution in [-0.4, -0.2) is 25.7 Å². The third-order valence-corrected chi connectivity index (χ3v) is 1.70. The Hall–Kier alpha value is -0.220. The summed E-state index contributed by atoms with van der Waals surface area (Å²) in [4.78, 5) is 0. The topological polar surface area (TPSA) is 35.2 Å². The number of alkyl halides is 2. The lowest BCUT2D eigenvalue weighted by atomic mass is 10.0. The molecule has 0 heterocycles. The molecule has 0 aliphatic rings. The van der Waals surface area contributed by atoms with Crippen molar-refractivity contribution in [1.82, 2.24) is 0 Å². The molecule has 1 atom stereocenters. The van der Waals surface area contributed by atoms with E-state index in [1.54, 1.807) is 0 Å². The van der Waals surface area contributed by atoms with Gasteiger partial charge in [0.25, 0.3) is 6.43 Å². The van der Waals surface area contributed by atoms with Crippen molar-refractivity contribution in [2.45, 2.75) is 32.7 Å². The predicted octanol–water partition coefficient (Wildman–Crippen LogP) is 1.64. The molecular formula is C8H17F2NO. The molecule has 4 heteroatoms. The van der Waals surface area contributed by atoms with Gasteiger partial charge in [-0.2, -0.15) is 0 Å². The average molecular weight is 181 g/mol. The van der Waals surface area contributed by atoms with Crippen molar-refractivity contribution >= 4 is 0 Å². The van der Waals surface area contributed by atoms with E-state index in [2.05, 4.69) is 4.74 Å². The van der Waals surface area contributed by atoms with Gasteiger partial charge in [0.05, 0.1) is 0 Å². The Morgan fingerprint density at radius 2 is 1.92 bits per heavy atom. The van der Waals surface area contributed by atoms with Crippen molar-refractivity contribution in [3.05, 3.63) is 0 Å². The fraction of sp³-hybridized carbons (Fsp3) is 1.00. The van der Waals surface area contributed by atoms with Crippen LogP contribution in [0.1, 0.15) is 20.3 Å². The molecule has 0 saturated carbocycles. The minimum absolute atomic E-state index is 0.0441. The molecule has 0 aliphatic carbocycles. The standard InChI is InChI=1S/C8H17F2NO/c1-6(2)7(11)3-4-12-5-8(9)10/h6-8H,3-5,11H2,1-2H3. The molecule has 0 aromatic carbocycles. The van der Waals surface area contributed by atoms with E-state index in [1.165, 1.54) is 0 Å². The zero-order chi connectivity index (χ0) is 9.56. The Morgan fingerprint density at radius 1 is 1.33 bits per heavy atom. The van der Waals surface area contributed by atoms with E-state index in [9.17, 15) is 8.78 Å². The highest BCUT2D eigenvalue weighted by Crippen LogP contribution is 2.03. The van der Waals surface area contributed by atoms with Gasteiger partial charge in [0.15, 0.2) is 0 Å². The maximum atomic E-state index is 11.6. The minimum atomic E-state index is -2.37. The van der Waals surface area contributed by atoms with Crippen molar-refractivity contribution in [3.8, 4) is 0 Å². The second kappa shape index (κ2) is 6.31. The van der Waals surface area contributed by atoms with E-state index >= 15 is 0 Å². The highest BCUT2D eigenvalue weighted by Gasteiger charge is 2.07. The van der Waals surface area contributed by atoms with Gasteiger partial charge in [-0.1, -0.05) is 13.8 Å².